The minimum atomic E-state index is -0.409. The Morgan fingerprint density at radius 3 is 2.70 bits per heavy atom. The average molecular weight is 477 g/mol. The zero-order valence-electron chi connectivity index (χ0n) is 19.4. The predicted molar refractivity (Wildman–Crippen MR) is 132 cm³/mol. The fraction of sp³-hybridized carbons (Fsp3) is 0.565. The molecule has 0 bridgehead atoms. The van der Waals surface area contributed by atoms with Gasteiger partial charge < -0.3 is 19.9 Å². The number of halogens is 1. The number of hydrogen-bond acceptors (Lipinski definition) is 8. The first-order chi connectivity index (χ1) is 16.0. The van der Waals surface area contributed by atoms with Gasteiger partial charge in [0.05, 0.1) is 11.5 Å². The second-order valence-electron chi connectivity index (χ2n) is 8.06. The molecule has 1 atom stereocenters. The van der Waals surface area contributed by atoms with E-state index in [1.165, 1.54) is 6.20 Å². The number of likely N-dealkylation sites (N-methyl/N-ethyl adjacent to an activating group) is 1. The molecule has 0 amide bonds. The van der Waals surface area contributed by atoms with E-state index < -0.39 is 4.92 Å². The first-order valence-corrected chi connectivity index (χ1v) is 12.0. The zero-order valence-corrected chi connectivity index (χ0v) is 20.1. The van der Waals surface area contributed by atoms with E-state index in [1.54, 1.807) is 12.1 Å². The van der Waals surface area contributed by atoms with Gasteiger partial charge in [0.25, 0.3) is 0 Å². The number of nitrogens with one attached hydrogen (secondary N) is 1. The molecule has 3 rings (SSSR count). The lowest BCUT2D eigenvalue weighted by Gasteiger charge is -2.36. The van der Waals surface area contributed by atoms with Crippen molar-refractivity contribution in [3.8, 4) is 0 Å². The maximum atomic E-state index is 11.7. The summed E-state index contributed by atoms with van der Waals surface area (Å²) in [5.74, 6) is 0.678. The highest BCUT2D eigenvalue weighted by molar-refractivity contribution is 6.30. The standard InChI is InChI=1S/C23H33ClN6O3/c1-3-28(4-2)14-16-33-15-12-20-7-5-6-13-29(20)22-21(30(31)32)17-25-23(27-22)26-19-10-8-18(24)9-11-19/h8-11,17,20H,3-7,12-16H2,1-2H3,(H,25,26,27). The fourth-order valence-electron chi connectivity index (χ4n) is 4.06. The van der Waals surface area contributed by atoms with Crippen molar-refractivity contribution in [1.82, 2.24) is 14.9 Å². The van der Waals surface area contributed by atoms with Gasteiger partial charge in [-0.2, -0.15) is 4.98 Å². The highest BCUT2D eigenvalue weighted by atomic mass is 35.5. The molecule has 10 heteroatoms. The normalized spacial score (nSPS) is 16.2. The van der Waals surface area contributed by atoms with Gasteiger partial charge in [0, 0.05) is 36.4 Å². The Hall–Kier alpha value is -2.49. The summed E-state index contributed by atoms with van der Waals surface area (Å²) < 4.78 is 5.89. The SMILES string of the molecule is CCN(CC)CCOCCC1CCCCN1c1nc(Nc2ccc(Cl)cc2)ncc1[N+](=O)[O-]. The number of aromatic nitrogens is 2. The lowest BCUT2D eigenvalue weighted by molar-refractivity contribution is -0.384. The van der Waals surface area contributed by atoms with E-state index in [2.05, 4.69) is 38.9 Å². The number of piperidine rings is 1. The van der Waals surface area contributed by atoms with E-state index in [0.717, 1.165) is 57.5 Å². The van der Waals surface area contributed by atoms with Crippen molar-refractivity contribution >= 4 is 34.7 Å². The number of nitro groups is 1. The molecule has 1 aliphatic rings. The monoisotopic (exact) mass is 476 g/mol. The van der Waals surface area contributed by atoms with E-state index in [9.17, 15) is 10.1 Å². The lowest BCUT2D eigenvalue weighted by atomic mass is 9.99. The quantitative estimate of drug-likeness (QED) is 0.263. The molecule has 1 unspecified atom stereocenters. The molecular weight excluding hydrogens is 444 g/mol. The van der Waals surface area contributed by atoms with Crippen LogP contribution in [-0.2, 0) is 4.74 Å². The van der Waals surface area contributed by atoms with Crippen molar-refractivity contribution in [2.75, 3.05) is 49.6 Å². The minimum absolute atomic E-state index is 0.0778. The molecule has 33 heavy (non-hydrogen) atoms. The minimum Gasteiger partial charge on any atom is -0.380 e. The molecule has 1 saturated heterocycles. The number of benzene rings is 1. The molecule has 9 nitrogen and oxygen atoms in total. The van der Waals surface area contributed by atoms with Crippen LogP contribution in [0, 0.1) is 10.1 Å². The number of ether oxygens (including phenoxy) is 1. The second kappa shape index (κ2) is 12.7. The summed E-state index contributed by atoms with van der Waals surface area (Å²) in [5, 5.41) is 15.5. The summed E-state index contributed by atoms with van der Waals surface area (Å²) in [6, 6.07) is 7.29. The Bertz CT molecular complexity index is 894. The largest absolute Gasteiger partial charge is 0.380 e. The van der Waals surface area contributed by atoms with Crippen LogP contribution in [0.2, 0.25) is 5.02 Å². The van der Waals surface area contributed by atoms with E-state index in [0.29, 0.717) is 30.0 Å². The van der Waals surface area contributed by atoms with Crippen molar-refractivity contribution in [1.29, 1.82) is 0 Å². The number of hydrogen-bond donors (Lipinski definition) is 1. The Morgan fingerprint density at radius 1 is 1.24 bits per heavy atom. The van der Waals surface area contributed by atoms with Gasteiger partial charge in [-0.3, -0.25) is 10.1 Å². The highest BCUT2D eigenvalue weighted by Crippen LogP contribution is 2.33. The van der Waals surface area contributed by atoms with E-state index in [1.807, 2.05) is 12.1 Å². The molecule has 180 valence electrons. The predicted octanol–water partition coefficient (Wildman–Crippen LogP) is 4.89. The van der Waals surface area contributed by atoms with Crippen LogP contribution >= 0.6 is 11.6 Å². The van der Waals surface area contributed by atoms with Gasteiger partial charge in [0.15, 0.2) is 0 Å². The molecule has 0 radical (unpaired) electrons. The molecule has 0 saturated carbocycles. The van der Waals surface area contributed by atoms with Crippen molar-refractivity contribution < 1.29 is 9.66 Å². The summed E-state index contributed by atoms with van der Waals surface area (Å²) in [5.41, 5.74) is 0.682. The van der Waals surface area contributed by atoms with Gasteiger partial charge in [0.1, 0.15) is 6.20 Å². The Morgan fingerprint density at radius 2 is 2.00 bits per heavy atom. The molecule has 1 aliphatic heterocycles. The van der Waals surface area contributed by atoms with Gasteiger partial charge >= 0.3 is 5.69 Å². The van der Waals surface area contributed by atoms with Crippen LogP contribution in [0.5, 0.6) is 0 Å². The molecule has 1 aromatic heterocycles. The van der Waals surface area contributed by atoms with Crippen LogP contribution in [0.4, 0.5) is 23.1 Å². The summed E-state index contributed by atoms with van der Waals surface area (Å²) in [4.78, 5) is 24.4. The maximum absolute atomic E-state index is 11.7. The molecular formula is C23H33ClN6O3. The third-order valence-electron chi connectivity index (χ3n) is 5.99. The molecule has 1 aromatic carbocycles. The first kappa shape index (κ1) is 25.1. The topological polar surface area (TPSA) is 96.7 Å². The average Bonchev–Trinajstić information content (AvgIpc) is 2.83. The molecule has 1 fully saturated rings. The number of anilines is 3. The smallest absolute Gasteiger partial charge is 0.329 e. The van der Waals surface area contributed by atoms with Crippen LogP contribution in [-0.4, -0.2) is 65.2 Å². The third-order valence-corrected chi connectivity index (χ3v) is 6.24. The lowest BCUT2D eigenvalue weighted by Crippen LogP contribution is -2.41. The summed E-state index contributed by atoms with van der Waals surface area (Å²) in [6.45, 7) is 9.28. The van der Waals surface area contributed by atoms with E-state index in [4.69, 9.17) is 16.3 Å². The van der Waals surface area contributed by atoms with E-state index >= 15 is 0 Å². The van der Waals surface area contributed by atoms with Crippen molar-refractivity contribution in [3.05, 3.63) is 45.6 Å². The molecule has 0 aliphatic carbocycles. The number of nitrogens with zero attached hydrogens (tertiary/aromatic N) is 5. The summed E-state index contributed by atoms with van der Waals surface area (Å²) >= 11 is 5.95. The van der Waals surface area contributed by atoms with Gasteiger partial charge in [-0.15, -0.1) is 0 Å². The first-order valence-electron chi connectivity index (χ1n) is 11.6. The van der Waals surface area contributed by atoms with Crippen LogP contribution < -0.4 is 10.2 Å². The van der Waals surface area contributed by atoms with Crippen molar-refractivity contribution in [2.24, 2.45) is 0 Å². The van der Waals surface area contributed by atoms with Gasteiger partial charge in [0.2, 0.25) is 11.8 Å². The highest BCUT2D eigenvalue weighted by Gasteiger charge is 2.30. The van der Waals surface area contributed by atoms with Crippen LogP contribution in [0.1, 0.15) is 39.5 Å². The second-order valence-corrected chi connectivity index (χ2v) is 8.50. The van der Waals surface area contributed by atoms with Crippen LogP contribution in [0.25, 0.3) is 0 Å². The Kier molecular flexibility index (Phi) is 9.65. The molecule has 2 aromatic rings. The molecule has 2 heterocycles. The van der Waals surface area contributed by atoms with Crippen molar-refractivity contribution in [2.45, 2.75) is 45.6 Å². The molecule has 1 N–H and O–H groups in total. The van der Waals surface area contributed by atoms with Gasteiger partial charge in [-0.1, -0.05) is 25.4 Å². The van der Waals surface area contributed by atoms with E-state index in [-0.39, 0.29) is 11.7 Å². The van der Waals surface area contributed by atoms with Crippen LogP contribution in [0.15, 0.2) is 30.5 Å². The number of rotatable bonds is 12. The zero-order chi connectivity index (χ0) is 23.6. The Labute approximate surface area is 200 Å². The maximum Gasteiger partial charge on any atom is 0.329 e. The van der Waals surface area contributed by atoms with Gasteiger partial charge in [-0.25, -0.2) is 4.98 Å². The third kappa shape index (κ3) is 7.25. The fourth-order valence-corrected chi connectivity index (χ4v) is 4.19. The van der Waals surface area contributed by atoms with Gasteiger partial charge in [-0.05, 0) is 63.0 Å². The summed E-state index contributed by atoms with van der Waals surface area (Å²) in [7, 11) is 0. The molecule has 0 spiro atoms. The van der Waals surface area contributed by atoms with Crippen LogP contribution in [0.3, 0.4) is 0 Å². The summed E-state index contributed by atoms with van der Waals surface area (Å²) in [6.07, 6.45) is 5.11. The van der Waals surface area contributed by atoms with Crippen molar-refractivity contribution in [3.63, 3.8) is 0 Å². The Balaban J connectivity index is 1.70.